The zero-order valence-electron chi connectivity index (χ0n) is 20.5. The van der Waals surface area contributed by atoms with Crippen LogP contribution in [0, 0.1) is 5.82 Å². The van der Waals surface area contributed by atoms with E-state index in [4.69, 9.17) is 23.2 Å². The fourth-order valence-corrected chi connectivity index (χ4v) is 6.14. The molecule has 1 amide bonds. The molecule has 1 aliphatic heterocycles. The highest BCUT2D eigenvalue weighted by Gasteiger charge is 2.39. The Morgan fingerprint density at radius 2 is 1.89 bits per heavy atom. The summed E-state index contributed by atoms with van der Waals surface area (Å²) in [6, 6.07) is 11.3. The zero-order valence-corrected chi connectivity index (χ0v) is 22.8. The highest BCUT2D eigenvalue weighted by atomic mass is 35.5. The molecule has 35 heavy (non-hydrogen) atoms. The van der Waals surface area contributed by atoms with E-state index in [1.807, 2.05) is 19.9 Å². The number of piperazine rings is 1. The molecule has 2 atom stereocenters. The number of carbonyl (C=O) groups is 1. The van der Waals surface area contributed by atoms with Gasteiger partial charge >= 0.3 is 0 Å². The third-order valence-corrected chi connectivity index (χ3v) is 8.82. The Bertz CT molecular complexity index is 1180. The van der Waals surface area contributed by atoms with Crippen molar-refractivity contribution in [2.24, 2.45) is 0 Å². The number of hydrogen-bond acceptors (Lipinski definition) is 4. The second-order valence-electron chi connectivity index (χ2n) is 9.53. The molecule has 10 heteroatoms. The molecule has 2 aromatic carbocycles. The first-order valence-corrected chi connectivity index (χ1v) is 14.1. The summed E-state index contributed by atoms with van der Waals surface area (Å²) in [5.41, 5.74) is 0.516. The minimum atomic E-state index is -3.26. The number of amides is 1. The van der Waals surface area contributed by atoms with Crippen molar-refractivity contribution in [3.63, 3.8) is 0 Å². The van der Waals surface area contributed by atoms with Gasteiger partial charge in [-0.3, -0.25) is 4.79 Å². The molecule has 0 saturated carbocycles. The molecule has 1 fully saturated rings. The predicted octanol–water partition coefficient (Wildman–Crippen LogP) is 4.40. The lowest BCUT2D eigenvalue weighted by molar-refractivity contribution is -0.136. The van der Waals surface area contributed by atoms with Crippen molar-refractivity contribution in [2.45, 2.75) is 38.3 Å². The van der Waals surface area contributed by atoms with E-state index in [2.05, 4.69) is 4.90 Å². The van der Waals surface area contributed by atoms with Crippen LogP contribution in [-0.2, 0) is 26.8 Å². The molecule has 1 aliphatic rings. The van der Waals surface area contributed by atoms with Crippen molar-refractivity contribution < 1.29 is 17.6 Å². The molecule has 3 rings (SSSR count). The van der Waals surface area contributed by atoms with Gasteiger partial charge in [-0.15, -0.1) is 0 Å². The second-order valence-corrected chi connectivity index (χ2v) is 12.3. The summed E-state index contributed by atoms with van der Waals surface area (Å²) in [7, 11) is -1.55. The lowest BCUT2D eigenvalue weighted by Crippen LogP contribution is -2.54. The Hall–Kier alpha value is -1.71. The summed E-state index contributed by atoms with van der Waals surface area (Å²) >= 11 is 12.4. The molecule has 0 aliphatic carbocycles. The van der Waals surface area contributed by atoms with Crippen LogP contribution in [0.25, 0.3) is 0 Å². The standard InChI is InChI=1S/C25H32Cl2FN3O3S/c1-18-16-30(12-13-31(18)35(4,33)34)11-10-25(2,20-8-9-22(26)23(27)15-20)24(32)29(3)17-19-6-5-7-21(28)14-19/h5-9,14-15,18H,10-13,16-17H2,1-4H3. The smallest absolute Gasteiger partial charge is 0.233 e. The molecule has 1 heterocycles. The highest BCUT2D eigenvalue weighted by molar-refractivity contribution is 7.88. The average Bonchev–Trinajstić information content (AvgIpc) is 2.78. The number of likely N-dealkylation sites (N-methyl/N-ethyl adjacent to an activating group) is 1. The van der Waals surface area contributed by atoms with E-state index in [0.717, 1.165) is 5.56 Å². The largest absolute Gasteiger partial charge is 0.341 e. The van der Waals surface area contributed by atoms with Crippen molar-refractivity contribution >= 4 is 39.1 Å². The Morgan fingerprint density at radius 1 is 1.17 bits per heavy atom. The van der Waals surface area contributed by atoms with Crippen LogP contribution in [0.3, 0.4) is 0 Å². The molecule has 192 valence electrons. The summed E-state index contributed by atoms with van der Waals surface area (Å²) in [4.78, 5) is 17.6. The third kappa shape index (κ3) is 6.74. The Morgan fingerprint density at radius 3 is 2.49 bits per heavy atom. The van der Waals surface area contributed by atoms with Gasteiger partial charge in [-0.05, 0) is 62.2 Å². The van der Waals surface area contributed by atoms with Gasteiger partial charge in [-0.1, -0.05) is 41.4 Å². The second kappa shape index (κ2) is 11.1. The molecule has 2 aromatic rings. The van der Waals surface area contributed by atoms with E-state index in [-0.39, 0.29) is 24.3 Å². The van der Waals surface area contributed by atoms with Crippen molar-refractivity contribution in [3.8, 4) is 0 Å². The Balaban J connectivity index is 1.82. The molecular weight excluding hydrogens is 512 g/mol. The molecule has 6 nitrogen and oxygen atoms in total. The monoisotopic (exact) mass is 543 g/mol. The van der Waals surface area contributed by atoms with E-state index >= 15 is 0 Å². The fourth-order valence-electron chi connectivity index (χ4n) is 4.71. The van der Waals surface area contributed by atoms with Gasteiger partial charge in [0.15, 0.2) is 0 Å². The van der Waals surface area contributed by atoms with Crippen molar-refractivity contribution in [3.05, 3.63) is 69.5 Å². The quantitative estimate of drug-likeness (QED) is 0.494. The summed E-state index contributed by atoms with van der Waals surface area (Å²) in [5.74, 6) is -0.471. The lowest BCUT2D eigenvalue weighted by Gasteiger charge is -2.40. The normalized spacial score (nSPS) is 19.3. The maximum absolute atomic E-state index is 13.8. The van der Waals surface area contributed by atoms with Crippen LogP contribution in [0.1, 0.15) is 31.4 Å². The van der Waals surface area contributed by atoms with Gasteiger partial charge in [-0.25, -0.2) is 12.8 Å². The average molecular weight is 545 g/mol. The number of halogens is 3. The van der Waals surface area contributed by atoms with Gasteiger partial charge in [0.25, 0.3) is 0 Å². The topological polar surface area (TPSA) is 60.9 Å². The van der Waals surface area contributed by atoms with Crippen molar-refractivity contribution in [1.82, 2.24) is 14.1 Å². The number of sulfonamides is 1. The van der Waals surface area contributed by atoms with E-state index in [1.165, 1.54) is 22.7 Å². The number of hydrogen-bond donors (Lipinski definition) is 0. The number of benzene rings is 2. The van der Waals surface area contributed by atoms with Crippen molar-refractivity contribution in [1.29, 1.82) is 0 Å². The van der Waals surface area contributed by atoms with Gasteiger partial charge in [0.1, 0.15) is 5.82 Å². The van der Waals surface area contributed by atoms with Crippen LogP contribution in [0.2, 0.25) is 10.0 Å². The van der Waals surface area contributed by atoms with Crippen LogP contribution < -0.4 is 0 Å². The number of rotatable bonds is 8. The van der Waals surface area contributed by atoms with Crippen LogP contribution in [0.15, 0.2) is 42.5 Å². The number of nitrogens with zero attached hydrogens (tertiary/aromatic N) is 3. The summed E-state index contributed by atoms with van der Waals surface area (Å²) in [6.07, 6.45) is 1.72. The molecular formula is C25H32Cl2FN3O3S. The maximum atomic E-state index is 13.8. The van der Waals surface area contributed by atoms with Crippen LogP contribution >= 0.6 is 23.2 Å². The SMILES string of the molecule is CC1CN(CCC(C)(C(=O)N(C)Cc2cccc(F)c2)c2ccc(Cl)c(Cl)c2)CCN1S(C)(=O)=O. The molecule has 0 aromatic heterocycles. The zero-order chi connectivity index (χ0) is 26.0. The molecule has 0 N–H and O–H groups in total. The summed E-state index contributed by atoms with van der Waals surface area (Å²) in [6.45, 7) is 6.21. The fraction of sp³-hybridized carbons (Fsp3) is 0.480. The Labute approximate surface area is 217 Å². The lowest BCUT2D eigenvalue weighted by atomic mass is 9.77. The van der Waals surface area contributed by atoms with E-state index in [9.17, 15) is 17.6 Å². The molecule has 0 radical (unpaired) electrons. The van der Waals surface area contributed by atoms with Crippen LogP contribution in [-0.4, -0.2) is 74.0 Å². The number of carbonyl (C=O) groups excluding carboxylic acids is 1. The first-order valence-electron chi connectivity index (χ1n) is 11.5. The van der Waals surface area contributed by atoms with E-state index < -0.39 is 15.4 Å². The molecule has 1 saturated heterocycles. The minimum Gasteiger partial charge on any atom is -0.341 e. The minimum absolute atomic E-state index is 0.122. The van der Waals surface area contributed by atoms with Gasteiger partial charge in [-0.2, -0.15) is 4.31 Å². The predicted molar refractivity (Wildman–Crippen MR) is 139 cm³/mol. The van der Waals surface area contributed by atoms with Crippen molar-refractivity contribution in [2.75, 3.05) is 39.5 Å². The molecule has 0 bridgehead atoms. The molecule has 0 spiro atoms. The van der Waals surface area contributed by atoms with Crippen LogP contribution in [0.4, 0.5) is 4.39 Å². The maximum Gasteiger partial charge on any atom is 0.233 e. The van der Waals surface area contributed by atoms with E-state index in [1.54, 1.807) is 36.2 Å². The summed E-state index contributed by atoms with van der Waals surface area (Å²) < 4.78 is 39.2. The highest BCUT2D eigenvalue weighted by Crippen LogP contribution is 2.35. The van der Waals surface area contributed by atoms with Gasteiger partial charge in [0.2, 0.25) is 15.9 Å². The van der Waals surface area contributed by atoms with Gasteiger partial charge in [0, 0.05) is 39.3 Å². The Kier molecular flexibility index (Phi) is 8.86. The van der Waals surface area contributed by atoms with Gasteiger partial charge < -0.3 is 9.80 Å². The summed E-state index contributed by atoms with van der Waals surface area (Å²) in [5, 5.41) is 0.774. The van der Waals surface area contributed by atoms with Crippen LogP contribution in [0.5, 0.6) is 0 Å². The third-order valence-electron chi connectivity index (χ3n) is 6.69. The first kappa shape index (κ1) is 27.9. The van der Waals surface area contributed by atoms with E-state index in [0.29, 0.717) is 48.2 Å². The first-order chi connectivity index (χ1) is 16.3. The molecule has 2 unspecified atom stereocenters. The van der Waals surface area contributed by atoms with Gasteiger partial charge in [0.05, 0.1) is 21.7 Å².